The second-order valence-electron chi connectivity index (χ2n) is 4.71. The van der Waals surface area contributed by atoms with Crippen molar-refractivity contribution in [3.8, 4) is 0 Å². The van der Waals surface area contributed by atoms with Crippen molar-refractivity contribution in [1.29, 1.82) is 0 Å². The molecule has 0 bridgehead atoms. The lowest BCUT2D eigenvalue weighted by Gasteiger charge is -2.39. The number of piperazine rings is 1. The van der Waals surface area contributed by atoms with Gasteiger partial charge in [0.25, 0.3) is 0 Å². The molecule has 96 valence electrons. The molecule has 4 N–H and O–H groups in total. The van der Waals surface area contributed by atoms with Crippen molar-refractivity contribution in [3.63, 3.8) is 0 Å². The van der Waals surface area contributed by atoms with Gasteiger partial charge in [-0.3, -0.25) is 14.5 Å². The number of nitrogens with one attached hydrogen (secondary N) is 2. The maximum absolute atomic E-state index is 11.5. The first-order valence-electron chi connectivity index (χ1n) is 6.21. The third-order valence-electron chi connectivity index (χ3n) is 3.54. The minimum absolute atomic E-state index is 0.0780. The van der Waals surface area contributed by atoms with Crippen molar-refractivity contribution in [2.24, 2.45) is 5.73 Å². The van der Waals surface area contributed by atoms with E-state index in [2.05, 4.69) is 15.5 Å². The molecule has 2 saturated heterocycles. The molecule has 0 spiro atoms. The van der Waals surface area contributed by atoms with Crippen molar-refractivity contribution in [2.75, 3.05) is 26.2 Å². The van der Waals surface area contributed by atoms with E-state index < -0.39 is 0 Å². The van der Waals surface area contributed by atoms with Gasteiger partial charge in [0.15, 0.2) is 0 Å². The van der Waals surface area contributed by atoms with Crippen LogP contribution in [0.3, 0.4) is 0 Å². The van der Waals surface area contributed by atoms with Crippen LogP contribution in [0.15, 0.2) is 0 Å². The summed E-state index contributed by atoms with van der Waals surface area (Å²) in [5.74, 6) is -0.226. The molecule has 0 aromatic carbocycles. The summed E-state index contributed by atoms with van der Waals surface area (Å²) in [6.45, 7) is 2.96. The molecule has 2 rings (SSSR count). The van der Waals surface area contributed by atoms with Crippen LogP contribution < -0.4 is 16.4 Å². The van der Waals surface area contributed by atoms with E-state index in [1.54, 1.807) is 0 Å². The number of carbonyl (C=O) groups is 2. The molecule has 6 heteroatoms. The van der Waals surface area contributed by atoms with Crippen molar-refractivity contribution >= 4 is 11.8 Å². The van der Waals surface area contributed by atoms with E-state index in [-0.39, 0.29) is 23.9 Å². The first-order valence-corrected chi connectivity index (χ1v) is 6.21. The Morgan fingerprint density at radius 1 is 1.41 bits per heavy atom. The zero-order chi connectivity index (χ0) is 12.3. The maximum atomic E-state index is 11.5. The lowest BCUT2D eigenvalue weighted by Crippen LogP contribution is -2.60. The maximum Gasteiger partial charge on any atom is 0.236 e. The molecule has 2 aliphatic heterocycles. The number of nitrogens with zero attached hydrogens (tertiary/aromatic N) is 1. The second kappa shape index (κ2) is 5.46. The molecule has 2 aliphatic rings. The Morgan fingerprint density at radius 2 is 2.24 bits per heavy atom. The fourth-order valence-corrected chi connectivity index (χ4v) is 2.66. The van der Waals surface area contributed by atoms with Gasteiger partial charge in [0, 0.05) is 38.6 Å². The minimum Gasteiger partial charge on any atom is -0.368 e. The van der Waals surface area contributed by atoms with E-state index in [1.165, 1.54) is 0 Å². The molecule has 2 heterocycles. The summed E-state index contributed by atoms with van der Waals surface area (Å²) < 4.78 is 0. The number of amides is 2. The van der Waals surface area contributed by atoms with Crippen LogP contribution in [0, 0.1) is 0 Å². The van der Waals surface area contributed by atoms with Gasteiger partial charge in [-0.25, -0.2) is 0 Å². The zero-order valence-electron chi connectivity index (χ0n) is 9.95. The standard InChI is InChI=1S/C11H20N4O2/c12-11(17)9-7-13-4-5-15(9)8-2-1-3-14-10(16)6-8/h8-9,13H,1-7H2,(H2,12,17)(H,14,16). The van der Waals surface area contributed by atoms with Crippen LogP contribution in [-0.4, -0.2) is 55.0 Å². The van der Waals surface area contributed by atoms with E-state index in [9.17, 15) is 9.59 Å². The van der Waals surface area contributed by atoms with Crippen molar-refractivity contribution in [1.82, 2.24) is 15.5 Å². The van der Waals surface area contributed by atoms with E-state index in [1.807, 2.05) is 0 Å². The lowest BCUT2D eigenvalue weighted by atomic mass is 10.0. The summed E-state index contributed by atoms with van der Waals surface area (Å²) in [5.41, 5.74) is 5.42. The molecule has 0 radical (unpaired) electrons. The molecule has 2 fully saturated rings. The molecular formula is C11H20N4O2. The van der Waals surface area contributed by atoms with E-state index in [0.29, 0.717) is 13.0 Å². The molecule has 0 aromatic heterocycles. The molecule has 6 nitrogen and oxygen atoms in total. The Kier molecular flexibility index (Phi) is 3.96. The Morgan fingerprint density at radius 3 is 3.00 bits per heavy atom. The highest BCUT2D eigenvalue weighted by Gasteiger charge is 2.33. The Balaban J connectivity index is 2.06. The van der Waals surface area contributed by atoms with Gasteiger partial charge in [0.2, 0.25) is 11.8 Å². The second-order valence-corrected chi connectivity index (χ2v) is 4.71. The molecular weight excluding hydrogens is 220 g/mol. The number of nitrogens with two attached hydrogens (primary N) is 1. The van der Waals surface area contributed by atoms with Crippen LogP contribution in [0.1, 0.15) is 19.3 Å². The highest BCUT2D eigenvalue weighted by atomic mass is 16.2. The summed E-state index contributed by atoms with van der Waals surface area (Å²) in [6, 6.07) is -0.128. The van der Waals surface area contributed by atoms with Gasteiger partial charge in [0.05, 0.1) is 0 Å². The number of rotatable bonds is 2. The smallest absolute Gasteiger partial charge is 0.236 e. The summed E-state index contributed by atoms with van der Waals surface area (Å²) in [5, 5.41) is 6.03. The van der Waals surface area contributed by atoms with E-state index in [0.717, 1.165) is 32.5 Å². The fourth-order valence-electron chi connectivity index (χ4n) is 2.66. The number of hydrogen-bond donors (Lipinski definition) is 3. The van der Waals surface area contributed by atoms with Crippen LogP contribution >= 0.6 is 0 Å². The van der Waals surface area contributed by atoms with Gasteiger partial charge in [-0.15, -0.1) is 0 Å². The van der Waals surface area contributed by atoms with E-state index >= 15 is 0 Å². The summed E-state index contributed by atoms with van der Waals surface area (Å²) >= 11 is 0. The van der Waals surface area contributed by atoms with Gasteiger partial charge < -0.3 is 16.4 Å². The third kappa shape index (κ3) is 2.95. The average molecular weight is 240 g/mol. The van der Waals surface area contributed by atoms with Gasteiger partial charge in [-0.2, -0.15) is 0 Å². The van der Waals surface area contributed by atoms with Crippen molar-refractivity contribution in [2.45, 2.75) is 31.3 Å². The van der Waals surface area contributed by atoms with Gasteiger partial charge in [0.1, 0.15) is 6.04 Å². The van der Waals surface area contributed by atoms with Crippen molar-refractivity contribution in [3.05, 3.63) is 0 Å². The van der Waals surface area contributed by atoms with Gasteiger partial charge >= 0.3 is 0 Å². The van der Waals surface area contributed by atoms with Crippen LogP contribution in [0.5, 0.6) is 0 Å². The van der Waals surface area contributed by atoms with Crippen LogP contribution in [0.25, 0.3) is 0 Å². The highest BCUT2D eigenvalue weighted by molar-refractivity contribution is 5.81. The third-order valence-corrected chi connectivity index (χ3v) is 3.54. The largest absolute Gasteiger partial charge is 0.368 e. The predicted octanol–water partition coefficient (Wildman–Crippen LogP) is -1.59. The molecule has 2 atom stereocenters. The van der Waals surface area contributed by atoms with Gasteiger partial charge in [-0.1, -0.05) is 0 Å². The Hall–Kier alpha value is -1.14. The molecule has 0 aliphatic carbocycles. The quantitative estimate of drug-likeness (QED) is 0.543. The topological polar surface area (TPSA) is 87.5 Å². The molecule has 2 unspecified atom stereocenters. The predicted molar refractivity (Wildman–Crippen MR) is 63.2 cm³/mol. The highest BCUT2D eigenvalue weighted by Crippen LogP contribution is 2.18. The number of primary amides is 1. The molecule has 0 aromatic rings. The molecule has 2 amide bonds. The van der Waals surface area contributed by atoms with Crippen LogP contribution in [-0.2, 0) is 9.59 Å². The monoisotopic (exact) mass is 240 g/mol. The normalized spacial score (nSPS) is 31.6. The Bertz CT molecular complexity index is 308. The number of hydrogen-bond acceptors (Lipinski definition) is 4. The lowest BCUT2D eigenvalue weighted by molar-refractivity contribution is -0.127. The summed E-state index contributed by atoms with van der Waals surface area (Å²) in [6.07, 6.45) is 2.39. The summed E-state index contributed by atoms with van der Waals surface area (Å²) in [7, 11) is 0. The minimum atomic E-state index is -0.304. The summed E-state index contributed by atoms with van der Waals surface area (Å²) in [4.78, 5) is 25.1. The van der Waals surface area contributed by atoms with Crippen LogP contribution in [0.4, 0.5) is 0 Å². The number of carbonyl (C=O) groups excluding carboxylic acids is 2. The van der Waals surface area contributed by atoms with E-state index in [4.69, 9.17) is 5.73 Å². The zero-order valence-corrected chi connectivity index (χ0v) is 9.95. The Labute approximate surface area is 101 Å². The SMILES string of the molecule is NC(=O)C1CNCCN1C1CCCNC(=O)C1. The van der Waals surface area contributed by atoms with Crippen molar-refractivity contribution < 1.29 is 9.59 Å². The molecule has 17 heavy (non-hydrogen) atoms. The first-order chi connectivity index (χ1) is 8.18. The molecule has 0 saturated carbocycles. The average Bonchev–Trinajstić information content (AvgIpc) is 2.54. The van der Waals surface area contributed by atoms with Crippen LogP contribution in [0.2, 0.25) is 0 Å². The first kappa shape index (κ1) is 12.3. The fraction of sp³-hybridized carbons (Fsp3) is 0.818. The van der Waals surface area contributed by atoms with Gasteiger partial charge in [-0.05, 0) is 12.8 Å².